The summed E-state index contributed by atoms with van der Waals surface area (Å²) in [5.41, 5.74) is 3.68. The standard InChI is InChI=1S/C14H17NO/c1-9-5-4-6-13-14(9)12(8-15-13)10(2)7-11(3)16/h4-6,8,10,15H,7H2,1-3H3. The van der Waals surface area contributed by atoms with Crippen molar-refractivity contribution in [2.75, 3.05) is 0 Å². The quantitative estimate of drug-likeness (QED) is 0.834. The molecule has 2 rings (SSSR count). The molecule has 0 radical (unpaired) electrons. The molecule has 1 atom stereocenters. The molecule has 0 saturated carbocycles. The molecule has 1 N–H and O–H groups in total. The number of H-pyrrole nitrogens is 1. The normalized spacial score (nSPS) is 12.9. The Morgan fingerprint density at radius 1 is 1.44 bits per heavy atom. The lowest BCUT2D eigenvalue weighted by Gasteiger charge is -2.09. The predicted octanol–water partition coefficient (Wildman–Crippen LogP) is 3.56. The molecule has 0 amide bonds. The van der Waals surface area contributed by atoms with Crippen LogP contribution in [0.2, 0.25) is 0 Å². The van der Waals surface area contributed by atoms with Crippen molar-refractivity contribution >= 4 is 16.7 Å². The van der Waals surface area contributed by atoms with E-state index in [2.05, 4.69) is 31.0 Å². The van der Waals surface area contributed by atoms with E-state index in [4.69, 9.17) is 0 Å². The lowest BCUT2D eigenvalue weighted by molar-refractivity contribution is -0.117. The summed E-state index contributed by atoms with van der Waals surface area (Å²) in [6.45, 7) is 5.87. The van der Waals surface area contributed by atoms with Gasteiger partial charge in [0.2, 0.25) is 0 Å². The first-order valence-corrected chi connectivity index (χ1v) is 5.65. The molecule has 1 heterocycles. The maximum atomic E-state index is 11.2. The molecule has 0 saturated heterocycles. The van der Waals surface area contributed by atoms with E-state index in [1.807, 2.05) is 12.3 Å². The summed E-state index contributed by atoms with van der Waals surface area (Å²) in [6.07, 6.45) is 2.65. The number of carbonyl (C=O) groups excluding carboxylic acids is 1. The van der Waals surface area contributed by atoms with E-state index >= 15 is 0 Å². The largest absolute Gasteiger partial charge is 0.361 e. The molecule has 0 aliphatic rings. The fourth-order valence-electron chi connectivity index (χ4n) is 2.33. The zero-order valence-electron chi connectivity index (χ0n) is 10.0. The molecule has 0 aliphatic carbocycles. The molecule has 16 heavy (non-hydrogen) atoms. The van der Waals surface area contributed by atoms with Crippen molar-refractivity contribution in [3.8, 4) is 0 Å². The second-order valence-electron chi connectivity index (χ2n) is 4.55. The number of benzene rings is 1. The highest BCUT2D eigenvalue weighted by atomic mass is 16.1. The smallest absolute Gasteiger partial charge is 0.130 e. The van der Waals surface area contributed by atoms with E-state index in [0.717, 1.165) is 5.52 Å². The second kappa shape index (κ2) is 4.12. The number of rotatable bonds is 3. The Bertz CT molecular complexity index is 525. The van der Waals surface area contributed by atoms with Crippen LogP contribution in [0.15, 0.2) is 24.4 Å². The van der Waals surface area contributed by atoms with Crippen LogP contribution in [-0.2, 0) is 4.79 Å². The SMILES string of the molecule is CC(=O)CC(C)c1c[nH]c2cccc(C)c12. The minimum absolute atomic E-state index is 0.246. The van der Waals surface area contributed by atoms with Gasteiger partial charge in [0.15, 0.2) is 0 Å². The number of nitrogens with one attached hydrogen (secondary N) is 1. The molecular weight excluding hydrogens is 198 g/mol. The molecule has 0 fully saturated rings. The van der Waals surface area contributed by atoms with E-state index < -0.39 is 0 Å². The lowest BCUT2D eigenvalue weighted by Crippen LogP contribution is -1.99. The van der Waals surface area contributed by atoms with Gasteiger partial charge in [0.05, 0.1) is 0 Å². The Morgan fingerprint density at radius 2 is 2.19 bits per heavy atom. The van der Waals surface area contributed by atoms with Crippen molar-refractivity contribution in [1.82, 2.24) is 4.98 Å². The maximum Gasteiger partial charge on any atom is 0.130 e. The number of aryl methyl sites for hydroxylation is 1. The highest BCUT2D eigenvalue weighted by Crippen LogP contribution is 2.29. The van der Waals surface area contributed by atoms with Crippen molar-refractivity contribution in [3.05, 3.63) is 35.5 Å². The number of fused-ring (bicyclic) bond motifs is 1. The number of hydrogen-bond acceptors (Lipinski definition) is 1. The Balaban J connectivity index is 2.48. The average Bonchev–Trinajstić information content (AvgIpc) is 2.61. The number of aromatic amines is 1. The van der Waals surface area contributed by atoms with Gasteiger partial charge in [0.25, 0.3) is 0 Å². The van der Waals surface area contributed by atoms with Crippen LogP contribution in [-0.4, -0.2) is 10.8 Å². The maximum absolute atomic E-state index is 11.2. The van der Waals surface area contributed by atoms with Gasteiger partial charge >= 0.3 is 0 Å². The number of hydrogen-bond donors (Lipinski definition) is 1. The monoisotopic (exact) mass is 215 g/mol. The lowest BCUT2D eigenvalue weighted by atomic mass is 9.94. The fraction of sp³-hybridized carbons (Fsp3) is 0.357. The topological polar surface area (TPSA) is 32.9 Å². The molecule has 1 unspecified atom stereocenters. The van der Waals surface area contributed by atoms with Gasteiger partial charge in [-0.15, -0.1) is 0 Å². The van der Waals surface area contributed by atoms with Crippen LogP contribution in [0.3, 0.4) is 0 Å². The highest BCUT2D eigenvalue weighted by Gasteiger charge is 2.14. The Labute approximate surface area is 95.7 Å². The second-order valence-corrected chi connectivity index (χ2v) is 4.55. The van der Waals surface area contributed by atoms with Crippen LogP contribution >= 0.6 is 0 Å². The van der Waals surface area contributed by atoms with Crippen molar-refractivity contribution < 1.29 is 4.79 Å². The predicted molar refractivity (Wildman–Crippen MR) is 66.7 cm³/mol. The minimum Gasteiger partial charge on any atom is -0.361 e. The number of Topliss-reactive ketones (excluding diaryl/α,β-unsaturated/α-hetero) is 1. The van der Waals surface area contributed by atoms with Crippen LogP contribution < -0.4 is 0 Å². The molecule has 0 bridgehead atoms. The number of ketones is 1. The highest BCUT2D eigenvalue weighted by molar-refractivity contribution is 5.87. The molecule has 1 aromatic carbocycles. The molecule has 84 valence electrons. The molecule has 1 aromatic heterocycles. The Kier molecular flexibility index (Phi) is 2.82. The Morgan fingerprint density at radius 3 is 2.88 bits per heavy atom. The zero-order valence-corrected chi connectivity index (χ0v) is 10.0. The third-order valence-corrected chi connectivity index (χ3v) is 3.07. The van der Waals surface area contributed by atoms with E-state index in [1.54, 1.807) is 6.92 Å². The summed E-state index contributed by atoms with van der Waals surface area (Å²) in [4.78, 5) is 14.4. The van der Waals surface area contributed by atoms with Crippen molar-refractivity contribution in [3.63, 3.8) is 0 Å². The first kappa shape index (κ1) is 10.9. The van der Waals surface area contributed by atoms with Crippen LogP contribution in [0.5, 0.6) is 0 Å². The van der Waals surface area contributed by atoms with E-state index in [1.165, 1.54) is 16.5 Å². The fourth-order valence-corrected chi connectivity index (χ4v) is 2.33. The summed E-state index contributed by atoms with van der Waals surface area (Å²) in [7, 11) is 0. The van der Waals surface area contributed by atoms with Crippen LogP contribution in [0.25, 0.3) is 10.9 Å². The molecule has 0 spiro atoms. The van der Waals surface area contributed by atoms with E-state index in [9.17, 15) is 4.79 Å². The number of aromatic nitrogens is 1. The Hall–Kier alpha value is -1.57. The van der Waals surface area contributed by atoms with Crippen LogP contribution in [0.4, 0.5) is 0 Å². The van der Waals surface area contributed by atoms with Gasteiger partial charge in [-0.1, -0.05) is 19.1 Å². The summed E-state index contributed by atoms with van der Waals surface area (Å²) >= 11 is 0. The third kappa shape index (κ3) is 1.87. The van der Waals surface area contributed by atoms with Gasteiger partial charge in [-0.3, -0.25) is 0 Å². The minimum atomic E-state index is 0.246. The van der Waals surface area contributed by atoms with Crippen molar-refractivity contribution in [1.29, 1.82) is 0 Å². The van der Waals surface area contributed by atoms with Gasteiger partial charge in [0, 0.05) is 23.5 Å². The summed E-state index contributed by atoms with van der Waals surface area (Å²) < 4.78 is 0. The van der Waals surface area contributed by atoms with Crippen LogP contribution in [0, 0.1) is 6.92 Å². The van der Waals surface area contributed by atoms with E-state index in [-0.39, 0.29) is 11.7 Å². The molecule has 2 nitrogen and oxygen atoms in total. The van der Waals surface area contributed by atoms with Crippen LogP contribution in [0.1, 0.15) is 37.3 Å². The van der Waals surface area contributed by atoms with Gasteiger partial charge in [-0.05, 0) is 37.0 Å². The van der Waals surface area contributed by atoms with Crippen molar-refractivity contribution in [2.45, 2.75) is 33.1 Å². The van der Waals surface area contributed by atoms with Crippen molar-refractivity contribution in [2.24, 2.45) is 0 Å². The first-order chi connectivity index (χ1) is 7.59. The molecule has 0 aliphatic heterocycles. The van der Waals surface area contributed by atoms with Gasteiger partial charge < -0.3 is 9.78 Å². The summed E-state index contributed by atoms with van der Waals surface area (Å²) in [5.74, 6) is 0.530. The average molecular weight is 215 g/mol. The summed E-state index contributed by atoms with van der Waals surface area (Å²) in [5, 5.41) is 1.27. The van der Waals surface area contributed by atoms with Gasteiger partial charge in [0.1, 0.15) is 5.78 Å². The zero-order chi connectivity index (χ0) is 11.7. The molecular formula is C14H17NO. The first-order valence-electron chi connectivity index (χ1n) is 5.65. The third-order valence-electron chi connectivity index (χ3n) is 3.07. The van der Waals surface area contributed by atoms with Gasteiger partial charge in [-0.25, -0.2) is 0 Å². The number of carbonyl (C=O) groups is 1. The van der Waals surface area contributed by atoms with Gasteiger partial charge in [-0.2, -0.15) is 0 Å². The molecule has 2 heteroatoms. The van der Waals surface area contributed by atoms with E-state index in [0.29, 0.717) is 6.42 Å². The summed E-state index contributed by atoms with van der Waals surface area (Å²) in [6, 6.07) is 6.24. The molecule has 2 aromatic rings.